The van der Waals surface area contributed by atoms with Crippen LogP contribution in [0.4, 0.5) is 0 Å². The summed E-state index contributed by atoms with van der Waals surface area (Å²) in [6, 6.07) is 31.0. The molecule has 0 amide bonds. The van der Waals surface area contributed by atoms with Crippen molar-refractivity contribution in [2.45, 2.75) is 13.8 Å². The van der Waals surface area contributed by atoms with E-state index in [1.807, 2.05) is 111 Å². The molecule has 37 heavy (non-hydrogen) atoms. The Morgan fingerprint density at radius 2 is 0.676 bits per heavy atom. The fourth-order valence-electron chi connectivity index (χ4n) is 3.77. The molecule has 0 atom stereocenters. The van der Waals surface area contributed by atoms with E-state index in [0.29, 0.717) is 35.1 Å². The minimum Gasteiger partial charge on any atom is -0.457 e. The molecule has 6 aromatic rings. The number of nitrogens with zero attached hydrogens (tertiary/aromatic N) is 4. The molecule has 0 saturated carbocycles. The number of benzene rings is 4. The Hall–Kier alpha value is -5.04. The van der Waals surface area contributed by atoms with Gasteiger partial charge in [-0.1, -0.05) is 35.4 Å². The molecule has 2 aromatic heterocycles. The van der Waals surface area contributed by atoms with Gasteiger partial charge in [0.25, 0.3) is 0 Å². The molecule has 0 radical (unpaired) electrons. The smallest absolute Gasteiger partial charge is 0.248 e. The molecule has 0 aliphatic heterocycles. The van der Waals surface area contributed by atoms with E-state index >= 15 is 0 Å². The van der Waals surface area contributed by atoms with Gasteiger partial charge in [-0.15, -0.1) is 20.4 Å². The van der Waals surface area contributed by atoms with Gasteiger partial charge in [-0.2, -0.15) is 0 Å². The molecule has 4 aromatic carbocycles. The minimum atomic E-state index is 0.455. The highest BCUT2D eigenvalue weighted by Gasteiger charge is 2.12. The Morgan fingerprint density at radius 1 is 0.405 bits per heavy atom. The maximum absolute atomic E-state index is 6.00. The van der Waals surface area contributed by atoms with Crippen molar-refractivity contribution < 1.29 is 13.6 Å². The number of hydrogen-bond donors (Lipinski definition) is 0. The van der Waals surface area contributed by atoms with E-state index in [-0.39, 0.29) is 0 Å². The molecule has 0 spiro atoms. The Kier molecular flexibility index (Phi) is 5.78. The van der Waals surface area contributed by atoms with Crippen LogP contribution in [-0.2, 0) is 0 Å². The first-order chi connectivity index (χ1) is 18.1. The van der Waals surface area contributed by atoms with Crippen LogP contribution in [0.2, 0.25) is 0 Å². The summed E-state index contributed by atoms with van der Waals surface area (Å²) in [6.45, 7) is 4.08. The van der Waals surface area contributed by atoms with Crippen molar-refractivity contribution in [3.05, 3.63) is 108 Å². The average Bonchev–Trinajstić information content (AvgIpc) is 3.62. The molecule has 0 aliphatic carbocycles. The molecule has 0 fully saturated rings. The fraction of sp³-hybridized carbons (Fsp3) is 0.0667. The van der Waals surface area contributed by atoms with Crippen molar-refractivity contribution in [3.8, 4) is 57.3 Å². The molecule has 7 nitrogen and oxygen atoms in total. The van der Waals surface area contributed by atoms with E-state index in [2.05, 4.69) is 20.4 Å². The largest absolute Gasteiger partial charge is 0.457 e. The lowest BCUT2D eigenvalue weighted by Gasteiger charge is -2.06. The first-order valence-electron chi connectivity index (χ1n) is 11.8. The van der Waals surface area contributed by atoms with E-state index < -0.39 is 0 Å². The second kappa shape index (κ2) is 9.54. The summed E-state index contributed by atoms with van der Waals surface area (Å²) in [5.41, 5.74) is 5.76. The van der Waals surface area contributed by atoms with E-state index in [1.165, 1.54) is 11.1 Å². The summed E-state index contributed by atoms with van der Waals surface area (Å²) >= 11 is 0. The zero-order chi connectivity index (χ0) is 25.2. The SMILES string of the molecule is Cc1ccc(-c2nnc(-c3ccc(Oc4ccc(-c5nnc(-c6ccc(C)cc6)o5)cc4)cc3)o2)cc1. The van der Waals surface area contributed by atoms with Crippen molar-refractivity contribution in [2.24, 2.45) is 0 Å². The van der Waals surface area contributed by atoms with Gasteiger partial charge in [0.1, 0.15) is 11.5 Å². The van der Waals surface area contributed by atoms with Gasteiger partial charge in [-0.25, -0.2) is 0 Å². The maximum Gasteiger partial charge on any atom is 0.248 e. The minimum absolute atomic E-state index is 0.455. The van der Waals surface area contributed by atoms with E-state index in [4.69, 9.17) is 13.6 Å². The second-order valence-electron chi connectivity index (χ2n) is 8.71. The van der Waals surface area contributed by atoms with Crippen LogP contribution in [0.3, 0.4) is 0 Å². The summed E-state index contributed by atoms with van der Waals surface area (Å²) in [5.74, 6) is 3.26. The van der Waals surface area contributed by atoms with Gasteiger partial charge in [0, 0.05) is 22.3 Å². The lowest BCUT2D eigenvalue weighted by Crippen LogP contribution is -1.85. The predicted molar refractivity (Wildman–Crippen MR) is 140 cm³/mol. The summed E-state index contributed by atoms with van der Waals surface area (Å²) in [7, 11) is 0. The summed E-state index contributed by atoms with van der Waals surface area (Å²) in [5, 5.41) is 16.7. The Bertz CT molecular complexity index is 1510. The first kappa shape index (κ1) is 22.4. The lowest BCUT2D eigenvalue weighted by atomic mass is 10.1. The zero-order valence-electron chi connectivity index (χ0n) is 20.3. The number of rotatable bonds is 6. The highest BCUT2D eigenvalue weighted by Crippen LogP contribution is 2.30. The zero-order valence-corrected chi connectivity index (χ0v) is 20.3. The number of hydrogen-bond acceptors (Lipinski definition) is 7. The van der Waals surface area contributed by atoms with Crippen molar-refractivity contribution in [3.63, 3.8) is 0 Å². The number of aryl methyl sites for hydroxylation is 2. The van der Waals surface area contributed by atoms with Crippen molar-refractivity contribution in [1.29, 1.82) is 0 Å². The number of aromatic nitrogens is 4. The molecule has 6 rings (SSSR count). The van der Waals surface area contributed by atoms with Crippen LogP contribution < -0.4 is 4.74 Å². The van der Waals surface area contributed by atoms with Gasteiger partial charge in [0.15, 0.2) is 0 Å². The molecule has 7 heteroatoms. The van der Waals surface area contributed by atoms with E-state index in [1.54, 1.807) is 0 Å². The lowest BCUT2D eigenvalue weighted by molar-refractivity contribution is 0.482. The van der Waals surface area contributed by atoms with Crippen LogP contribution >= 0.6 is 0 Å². The molecular formula is C30H22N4O3. The van der Waals surface area contributed by atoms with Gasteiger partial charge in [-0.05, 0) is 86.6 Å². The van der Waals surface area contributed by atoms with Crippen molar-refractivity contribution >= 4 is 0 Å². The quantitative estimate of drug-likeness (QED) is 0.240. The summed E-state index contributed by atoms with van der Waals surface area (Å²) < 4.78 is 17.7. The number of ether oxygens (including phenoxy) is 1. The molecule has 0 N–H and O–H groups in total. The van der Waals surface area contributed by atoms with E-state index in [0.717, 1.165) is 22.3 Å². The molecule has 0 aliphatic rings. The Morgan fingerprint density at radius 3 is 0.973 bits per heavy atom. The third-order valence-electron chi connectivity index (χ3n) is 5.89. The highest BCUT2D eigenvalue weighted by molar-refractivity contribution is 5.60. The molecule has 2 heterocycles. The van der Waals surface area contributed by atoms with Gasteiger partial charge in [0.2, 0.25) is 23.6 Å². The maximum atomic E-state index is 6.00. The first-order valence-corrected chi connectivity index (χ1v) is 11.8. The van der Waals surface area contributed by atoms with Crippen LogP contribution in [0.15, 0.2) is 106 Å². The van der Waals surface area contributed by atoms with Crippen LogP contribution in [-0.4, -0.2) is 20.4 Å². The summed E-state index contributed by atoms with van der Waals surface area (Å²) in [6.07, 6.45) is 0. The van der Waals surface area contributed by atoms with E-state index in [9.17, 15) is 0 Å². The molecule has 0 saturated heterocycles. The van der Waals surface area contributed by atoms with Gasteiger partial charge < -0.3 is 13.6 Å². The fourth-order valence-corrected chi connectivity index (χ4v) is 3.77. The molecular weight excluding hydrogens is 464 g/mol. The second-order valence-corrected chi connectivity index (χ2v) is 8.71. The third-order valence-corrected chi connectivity index (χ3v) is 5.89. The van der Waals surface area contributed by atoms with Gasteiger partial charge >= 0.3 is 0 Å². The highest BCUT2D eigenvalue weighted by atomic mass is 16.5. The average molecular weight is 487 g/mol. The standard InChI is InChI=1S/C30H22N4O3/c1-19-3-7-21(8-4-19)27-31-33-29(36-27)23-11-15-25(16-12-23)35-26-17-13-24(14-18-26)30-34-32-28(37-30)22-9-5-20(2)6-10-22/h3-18H,1-2H3. The van der Waals surface area contributed by atoms with Crippen LogP contribution in [0.1, 0.15) is 11.1 Å². The van der Waals surface area contributed by atoms with Crippen molar-refractivity contribution in [1.82, 2.24) is 20.4 Å². The van der Waals surface area contributed by atoms with Gasteiger partial charge in [-0.3, -0.25) is 0 Å². The molecule has 0 bridgehead atoms. The summed E-state index contributed by atoms with van der Waals surface area (Å²) in [4.78, 5) is 0. The molecule has 180 valence electrons. The van der Waals surface area contributed by atoms with Gasteiger partial charge in [0.05, 0.1) is 0 Å². The topological polar surface area (TPSA) is 87.1 Å². The van der Waals surface area contributed by atoms with Crippen LogP contribution in [0, 0.1) is 13.8 Å². The third kappa shape index (κ3) is 4.88. The van der Waals surface area contributed by atoms with Crippen molar-refractivity contribution in [2.75, 3.05) is 0 Å². The Labute approximate surface area is 213 Å². The Balaban J connectivity index is 1.12. The monoisotopic (exact) mass is 486 g/mol. The van der Waals surface area contributed by atoms with Crippen LogP contribution in [0.5, 0.6) is 11.5 Å². The van der Waals surface area contributed by atoms with Crippen LogP contribution in [0.25, 0.3) is 45.8 Å². The predicted octanol–water partition coefficient (Wildman–Crippen LogP) is 7.53. The molecule has 0 unspecified atom stereocenters. The normalized spacial score (nSPS) is 11.0.